The first-order chi connectivity index (χ1) is 21.3. The van der Waals surface area contributed by atoms with Gasteiger partial charge < -0.3 is 18.3 Å². The van der Waals surface area contributed by atoms with Crippen LogP contribution in [-0.4, -0.2) is 34.5 Å². The zero-order valence-corrected chi connectivity index (χ0v) is 27.6. The van der Waals surface area contributed by atoms with Crippen molar-refractivity contribution < 1.29 is 18.3 Å². The van der Waals surface area contributed by atoms with Crippen molar-refractivity contribution in [2.24, 2.45) is 0 Å². The van der Waals surface area contributed by atoms with E-state index in [-0.39, 0.29) is 5.41 Å². The molecule has 5 radical (unpaired) electrons. The van der Waals surface area contributed by atoms with E-state index in [4.69, 9.17) is 18.3 Å². The minimum atomic E-state index is -0.866. The van der Waals surface area contributed by atoms with Gasteiger partial charge in [-0.3, -0.25) is 0 Å². The van der Waals surface area contributed by atoms with Gasteiger partial charge in [-0.05, 0) is 83.9 Å². The fraction of sp³-hybridized carbons (Fsp3) is 0.211. The SMILES string of the molecule is COc1ccc(C2(c3ccc(OC)cc3)C=Cc3c4c(c5ccc(C)cc5c3O2)-c2ccc(C)cc2C4(C)C[Si]O[Si])cc1. The fourth-order valence-electron chi connectivity index (χ4n) is 7.09. The van der Waals surface area contributed by atoms with Crippen molar-refractivity contribution in [3.05, 3.63) is 130 Å². The van der Waals surface area contributed by atoms with Crippen LogP contribution in [0.2, 0.25) is 6.04 Å². The molecule has 0 saturated heterocycles. The molecular formula is C38H33O4Si2. The third kappa shape index (κ3) is 4.27. The summed E-state index contributed by atoms with van der Waals surface area (Å²) in [6.45, 7) is 6.68. The Hall–Kier alpha value is -4.11. The molecule has 7 rings (SSSR count). The van der Waals surface area contributed by atoms with Crippen molar-refractivity contribution in [2.45, 2.75) is 37.8 Å². The van der Waals surface area contributed by atoms with Crippen LogP contribution in [0.5, 0.6) is 17.2 Å². The molecule has 44 heavy (non-hydrogen) atoms. The Morgan fingerprint density at radius 3 is 2.00 bits per heavy atom. The summed E-state index contributed by atoms with van der Waals surface area (Å²) in [5.41, 5.74) is 9.71. The maximum absolute atomic E-state index is 7.45. The lowest BCUT2D eigenvalue weighted by atomic mass is 9.76. The number of ether oxygens (including phenoxy) is 3. The van der Waals surface area contributed by atoms with Gasteiger partial charge in [-0.2, -0.15) is 0 Å². The largest absolute Gasteiger partial charge is 0.497 e. The number of hydrogen-bond acceptors (Lipinski definition) is 4. The number of fused-ring (bicyclic) bond motifs is 8. The van der Waals surface area contributed by atoms with Crippen LogP contribution in [0.4, 0.5) is 0 Å². The van der Waals surface area contributed by atoms with Crippen molar-refractivity contribution in [1.29, 1.82) is 0 Å². The first kappa shape index (κ1) is 28.7. The monoisotopic (exact) mass is 609 g/mol. The third-order valence-electron chi connectivity index (χ3n) is 9.33. The lowest BCUT2D eigenvalue weighted by molar-refractivity contribution is 0.163. The van der Waals surface area contributed by atoms with Crippen molar-refractivity contribution in [3.63, 3.8) is 0 Å². The Bertz CT molecular complexity index is 1880. The number of methoxy groups -OCH3 is 2. The molecule has 1 aliphatic heterocycles. The van der Waals surface area contributed by atoms with Crippen LogP contribution in [0.15, 0.2) is 91.0 Å². The minimum absolute atomic E-state index is 0.265. The summed E-state index contributed by atoms with van der Waals surface area (Å²) in [6.07, 6.45) is 4.51. The highest BCUT2D eigenvalue weighted by Crippen LogP contribution is 2.59. The van der Waals surface area contributed by atoms with E-state index in [1.165, 1.54) is 38.8 Å². The van der Waals surface area contributed by atoms with E-state index in [0.29, 0.717) is 9.76 Å². The maximum atomic E-state index is 7.45. The van der Waals surface area contributed by atoms with E-state index in [2.05, 4.69) is 104 Å². The van der Waals surface area contributed by atoms with Gasteiger partial charge in [0.1, 0.15) is 17.2 Å². The predicted molar refractivity (Wildman–Crippen MR) is 179 cm³/mol. The van der Waals surface area contributed by atoms with Crippen LogP contribution in [-0.2, 0) is 15.1 Å². The molecule has 1 aliphatic carbocycles. The Morgan fingerprint density at radius 1 is 0.773 bits per heavy atom. The van der Waals surface area contributed by atoms with Gasteiger partial charge >= 0.3 is 0 Å². The topological polar surface area (TPSA) is 36.9 Å². The summed E-state index contributed by atoms with van der Waals surface area (Å²) < 4.78 is 24.0. The summed E-state index contributed by atoms with van der Waals surface area (Å²) in [5, 5.41) is 2.32. The Kier molecular flexibility index (Phi) is 7.04. The van der Waals surface area contributed by atoms with Crippen LogP contribution >= 0.6 is 0 Å². The Morgan fingerprint density at radius 2 is 1.39 bits per heavy atom. The standard InChI is InChI=1S/C38H33O4Si2/c1-23-6-16-29-32(20-23)36-31(35-34(29)30-17-7-24(2)21-33(30)37(35,3)22-44-42-43)18-19-38(41-36,25-8-12-27(39-4)13-9-25)26-10-14-28(40-5)15-11-26/h6-21H,22H2,1-5H3. The number of benzene rings is 5. The second kappa shape index (κ2) is 10.8. The highest BCUT2D eigenvalue weighted by atomic mass is 28.3. The van der Waals surface area contributed by atoms with Gasteiger partial charge in [0.2, 0.25) is 20.2 Å². The quantitative estimate of drug-likeness (QED) is 0.174. The molecule has 6 heteroatoms. The fourth-order valence-corrected chi connectivity index (χ4v) is 8.04. The predicted octanol–water partition coefficient (Wildman–Crippen LogP) is 8.25. The highest BCUT2D eigenvalue weighted by Gasteiger charge is 2.46. The Labute approximate surface area is 265 Å². The average Bonchev–Trinajstić information content (AvgIpc) is 3.31. The van der Waals surface area contributed by atoms with Gasteiger partial charge in [0.25, 0.3) is 0 Å². The van der Waals surface area contributed by atoms with Crippen LogP contribution in [0.25, 0.3) is 28.0 Å². The molecule has 0 fully saturated rings. The lowest BCUT2D eigenvalue weighted by Crippen LogP contribution is -2.35. The first-order valence-corrected chi connectivity index (χ1v) is 16.3. The summed E-state index contributed by atoms with van der Waals surface area (Å²) in [5.74, 6) is 2.50. The van der Waals surface area contributed by atoms with E-state index < -0.39 is 5.60 Å². The zero-order chi connectivity index (χ0) is 30.6. The summed E-state index contributed by atoms with van der Waals surface area (Å²) in [4.78, 5) is 0. The highest BCUT2D eigenvalue weighted by molar-refractivity contribution is 6.35. The summed E-state index contributed by atoms with van der Waals surface area (Å²) >= 11 is 0. The van der Waals surface area contributed by atoms with Crippen molar-refractivity contribution in [3.8, 4) is 28.4 Å². The molecule has 217 valence electrons. The van der Waals surface area contributed by atoms with E-state index in [0.717, 1.165) is 45.4 Å². The normalized spacial score (nSPS) is 17.5. The van der Waals surface area contributed by atoms with E-state index >= 15 is 0 Å². The average molecular weight is 610 g/mol. The van der Waals surface area contributed by atoms with Crippen LogP contribution < -0.4 is 14.2 Å². The molecular weight excluding hydrogens is 577 g/mol. The molecule has 2 aliphatic rings. The molecule has 1 heterocycles. The smallest absolute Gasteiger partial charge is 0.229 e. The molecule has 0 aromatic heterocycles. The van der Waals surface area contributed by atoms with Gasteiger partial charge in [0, 0.05) is 27.5 Å². The number of aryl methyl sites for hydroxylation is 2. The van der Waals surface area contributed by atoms with Crippen LogP contribution in [0.3, 0.4) is 0 Å². The molecule has 5 aromatic rings. The second-order valence-electron chi connectivity index (χ2n) is 12.0. The van der Waals surface area contributed by atoms with Gasteiger partial charge in [-0.15, -0.1) is 0 Å². The first-order valence-electron chi connectivity index (χ1n) is 14.8. The minimum Gasteiger partial charge on any atom is -0.497 e. The number of hydrogen-bond donors (Lipinski definition) is 0. The van der Waals surface area contributed by atoms with E-state index in [1.54, 1.807) is 14.2 Å². The molecule has 1 unspecified atom stereocenters. The van der Waals surface area contributed by atoms with Crippen molar-refractivity contribution in [2.75, 3.05) is 14.2 Å². The second-order valence-corrected chi connectivity index (χ2v) is 13.4. The van der Waals surface area contributed by atoms with Crippen LogP contribution in [0.1, 0.15) is 45.9 Å². The third-order valence-corrected chi connectivity index (χ3v) is 10.8. The maximum Gasteiger partial charge on any atom is 0.229 e. The van der Waals surface area contributed by atoms with E-state index in [1.807, 2.05) is 24.3 Å². The molecule has 0 amide bonds. The van der Waals surface area contributed by atoms with Gasteiger partial charge in [-0.1, -0.05) is 78.7 Å². The van der Waals surface area contributed by atoms with Gasteiger partial charge in [0.05, 0.1) is 14.2 Å². The van der Waals surface area contributed by atoms with Gasteiger partial charge in [0.15, 0.2) is 5.60 Å². The summed E-state index contributed by atoms with van der Waals surface area (Å²) in [7, 11) is 6.97. The van der Waals surface area contributed by atoms with Crippen LogP contribution in [0, 0.1) is 13.8 Å². The Balaban J connectivity index is 1.54. The van der Waals surface area contributed by atoms with Gasteiger partial charge in [-0.25, -0.2) is 0 Å². The molecule has 5 aromatic carbocycles. The molecule has 0 saturated carbocycles. The molecule has 0 N–H and O–H groups in total. The number of rotatable bonds is 7. The zero-order valence-electron chi connectivity index (χ0n) is 25.6. The van der Waals surface area contributed by atoms with E-state index in [9.17, 15) is 0 Å². The molecule has 1 atom stereocenters. The van der Waals surface area contributed by atoms with Crippen molar-refractivity contribution >= 4 is 37.1 Å². The van der Waals surface area contributed by atoms with Crippen molar-refractivity contribution in [1.82, 2.24) is 0 Å². The summed E-state index contributed by atoms with van der Waals surface area (Å²) in [6, 6.07) is 30.8. The molecule has 0 bridgehead atoms. The lowest BCUT2D eigenvalue weighted by Gasteiger charge is -2.39. The molecule has 0 spiro atoms. The molecule has 4 nitrogen and oxygen atoms in total.